The Hall–Kier alpha value is -2.98. The number of carbonyl (C=O) groups is 1. The summed E-state index contributed by atoms with van der Waals surface area (Å²) >= 11 is 5.80. The van der Waals surface area contributed by atoms with Crippen molar-refractivity contribution in [3.8, 4) is 5.88 Å². The molecule has 3 heterocycles. The van der Waals surface area contributed by atoms with Gasteiger partial charge in [0, 0.05) is 38.2 Å². The molecule has 2 fully saturated rings. The number of aromatic nitrogens is 3. The summed E-state index contributed by atoms with van der Waals surface area (Å²) in [4.78, 5) is 18.2. The monoisotopic (exact) mass is 519 g/mol. The minimum Gasteiger partial charge on any atom is -0.474 e. The predicted molar refractivity (Wildman–Crippen MR) is 134 cm³/mol. The van der Waals surface area contributed by atoms with Gasteiger partial charge >= 0.3 is 6.09 Å². The van der Waals surface area contributed by atoms with E-state index in [0.29, 0.717) is 24.5 Å². The van der Waals surface area contributed by atoms with Crippen molar-refractivity contribution in [1.82, 2.24) is 20.1 Å². The first kappa shape index (κ1) is 26.1. The molecule has 9 nitrogen and oxygen atoms in total. The number of pyridine rings is 1. The molecule has 0 bridgehead atoms. The van der Waals surface area contributed by atoms with Crippen LogP contribution in [0.2, 0.25) is 5.15 Å². The van der Waals surface area contributed by atoms with Crippen LogP contribution in [0, 0.1) is 0 Å². The highest BCUT2D eigenvalue weighted by molar-refractivity contribution is 6.29. The van der Waals surface area contributed by atoms with E-state index in [1.165, 1.54) is 12.1 Å². The zero-order valence-electron chi connectivity index (χ0n) is 20.6. The van der Waals surface area contributed by atoms with Crippen LogP contribution in [0.25, 0.3) is 11.9 Å². The van der Waals surface area contributed by atoms with Crippen molar-refractivity contribution in [2.45, 2.75) is 70.4 Å². The number of piperidine rings is 1. The van der Waals surface area contributed by atoms with Crippen molar-refractivity contribution in [1.29, 1.82) is 0 Å². The summed E-state index contributed by atoms with van der Waals surface area (Å²) in [6.45, 7) is 6.84. The third kappa shape index (κ3) is 7.04. The molecule has 2 aromatic rings. The molecule has 194 valence electrons. The van der Waals surface area contributed by atoms with Gasteiger partial charge in [0.05, 0.1) is 17.8 Å². The van der Waals surface area contributed by atoms with Crippen LogP contribution in [0.1, 0.15) is 57.6 Å². The molecule has 1 saturated carbocycles. The maximum Gasteiger partial charge on any atom is 0.410 e. The summed E-state index contributed by atoms with van der Waals surface area (Å²) in [5.74, 6) is -0.226. The molecule has 2 N–H and O–H groups in total. The molecule has 1 aliphatic heterocycles. The number of carbonyl (C=O) groups excluding carboxylic acids is 1. The van der Waals surface area contributed by atoms with Gasteiger partial charge in [-0.3, -0.25) is 0 Å². The van der Waals surface area contributed by atoms with Crippen LogP contribution in [-0.2, 0) is 9.47 Å². The van der Waals surface area contributed by atoms with Gasteiger partial charge in [-0.25, -0.2) is 14.2 Å². The Morgan fingerprint density at radius 2 is 1.89 bits per heavy atom. The molecule has 11 heteroatoms. The van der Waals surface area contributed by atoms with Gasteiger partial charge in [0.2, 0.25) is 5.88 Å². The lowest BCUT2D eigenvalue weighted by molar-refractivity contribution is -0.110. The first-order valence-corrected chi connectivity index (χ1v) is 12.4. The van der Waals surface area contributed by atoms with Crippen LogP contribution < -0.4 is 10.5 Å². The van der Waals surface area contributed by atoms with Gasteiger partial charge in [0.15, 0.2) is 11.0 Å². The number of amides is 1. The summed E-state index contributed by atoms with van der Waals surface area (Å²) in [6, 6.07) is 4.64. The van der Waals surface area contributed by atoms with E-state index in [0.717, 1.165) is 25.7 Å². The molecule has 36 heavy (non-hydrogen) atoms. The molecule has 2 aliphatic rings. The highest BCUT2D eigenvalue weighted by Gasteiger charge is 2.35. The number of nitrogen functional groups attached to an aromatic ring is 1. The molecule has 0 spiro atoms. The molecule has 0 aromatic carbocycles. The normalized spacial score (nSPS) is 21.1. The fourth-order valence-corrected chi connectivity index (χ4v) is 4.19. The second-order valence-corrected chi connectivity index (χ2v) is 10.4. The largest absolute Gasteiger partial charge is 0.474 e. The standard InChI is InChI=1S/C25H31ClFN5O4/c1-25(2,3)36-24(33)32-8-5-16(6-9-32)34-17-12-18(13-17)35-22-11-15(4-7-29-22)10-20(27)19-14-21(26)30-31-23(19)28/h4,7,10-11,14,16-18H,5-6,8-9,12-13H2,1-3H3,(H2,28,31). The molecule has 1 amide bonds. The lowest BCUT2D eigenvalue weighted by Crippen LogP contribution is -2.46. The van der Waals surface area contributed by atoms with E-state index >= 15 is 0 Å². The SMILES string of the molecule is CC(C)(C)OC(=O)N1CCC(OC2CC(Oc3cc(C=C(F)c4cc(Cl)nnc4N)ccn3)C2)CC1. The van der Waals surface area contributed by atoms with Gasteiger partial charge in [0.25, 0.3) is 0 Å². The van der Waals surface area contributed by atoms with Gasteiger partial charge < -0.3 is 24.8 Å². The van der Waals surface area contributed by atoms with Crippen molar-refractivity contribution in [2.24, 2.45) is 0 Å². The van der Waals surface area contributed by atoms with Crippen LogP contribution in [0.5, 0.6) is 5.88 Å². The minimum atomic E-state index is -0.587. The van der Waals surface area contributed by atoms with Gasteiger partial charge in [-0.2, -0.15) is 0 Å². The fraction of sp³-hybridized carbons (Fsp3) is 0.520. The summed E-state index contributed by atoms with van der Waals surface area (Å²) in [5, 5.41) is 7.28. The Balaban J connectivity index is 1.23. The highest BCUT2D eigenvalue weighted by Crippen LogP contribution is 2.31. The van der Waals surface area contributed by atoms with E-state index in [1.807, 2.05) is 20.8 Å². The molecule has 1 saturated heterocycles. The topological polar surface area (TPSA) is 113 Å². The first-order chi connectivity index (χ1) is 17.1. The van der Waals surface area contributed by atoms with Crippen molar-refractivity contribution in [3.63, 3.8) is 0 Å². The number of nitrogens with two attached hydrogens (primary N) is 1. The molecular weight excluding hydrogens is 489 g/mol. The van der Waals surface area contributed by atoms with Gasteiger partial charge in [-0.1, -0.05) is 11.6 Å². The summed E-state index contributed by atoms with van der Waals surface area (Å²) in [6.07, 6.45) is 5.87. The highest BCUT2D eigenvalue weighted by atomic mass is 35.5. The van der Waals surface area contributed by atoms with Crippen molar-refractivity contribution in [2.75, 3.05) is 18.8 Å². The average molecular weight is 520 g/mol. The molecule has 0 unspecified atom stereocenters. The number of likely N-dealkylation sites (tertiary alicyclic amines) is 1. The summed E-state index contributed by atoms with van der Waals surface area (Å²) in [5.41, 5.74) is 5.84. The van der Waals surface area contributed by atoms with Crippen molar-refractivity contribution >= 4 is 35.4 Å². The van der Waals surface area contributed by atoms with E-state index in [2.05, 4.69) is 15.2 Å². The quantitative estimate of drug-likeness (QED) is 0.573. The molecular formula is C25H31ClFN5O4. The number of nitrogens with zero attached hydrogens (tertiary/aromatic N) is 4. The third-order valence-electron chi connectivity index (χ3n) is 5.92. The van der Waals surface area contributed by atoms with Crippen LogP contribution in [0.4, 0.5) is 15.0 Å². The summed E-state index contributed by atoms with van der Waals surface area (Å²) in [7, 11) is 0. The Morgan fingerprint density at radius 1 is 1.17 bits per heavy atom. The zero-order chi connectivity index (χ0) is 25.9. The Bertz CT molecular complexity index is 1110. The van der Waals surface area contributed by atoms with Crippen LogP contribution in [-0.4, -0.2) is 63.2 Å². The maximum atomic E-state index is 14.7. The number of anilines is 1. The number of rotatable bonds is 6. The smallest absolute Gasteiger partial charge is 0.410 e. The number of halogens is 2. The van der Waals surface area contributed by atoms with E-state index in [-0.39, 0.29) is 40.9 Å². The van der Waals surface area contributed by atoms with Gasteiger partial charge in [-0.15, -0.1) is 10.2 Å². The van der Waals surface area contributed by atoms with E-state index in [1.54, 1.807) is 23.2 Å². The number of hydrogen-bond donors (Lipinski definition) is 1. The van der Waals surface area contributed by atoms with Crippen LogP contribution in [0.3, 0.4) is 0 Å². The van der Waals surface area contributed by atoms with Crippen molar-refractivity contribution < 1.29 is 23.4 Å². The minimum absolute atomic E-state index is 0.0210. The fourth-order valence-electron chi connectivity index (χ4n) is 4.04. The van der Waals surface area contributed by atoms with Gasteiger partial charge in [-0.05, 0) is 57.4 Å². The van der Waals surface area contributed by atoms with Gasteiger partial charge in [0.1, 0.15) is 17.5 Å². The Labute approximate surface area is 214 Å². The summed E-state index contributed by atoms with van der Waals surface area (Å²) < 4.78 is 32.3. The predicted octanol–water partition coefficient (Wildman–Crippen LogP) is 4.90. The molecule has 0 atom stereocenters. The van der Waals surface area contributed by atoms with Crippen LogP contribution >= 0.6 is 11.6 Å². The first-order valence-electron chi connectivity index (χ1n) is 12.0. The van der Waals surface area contributed by atoms with Crippen LogP contribution in [0.15, 0.2) is 24.4 Å². The number of ether oxygens (including phenoxy) is 3. The van der Waals surface area contributed by atoms with E-state index < -0.39 is 11.4 Å². The molecule has 2 aromatic heterocycles. The Morgan fingerprint density at radius 3 is 2.58 bits per heavy atom. The second kappa shape index (κ2) is 11.0. The zero-order valence-corrected chi connectivity index (χ0v) is 21.4. The lowest BCUT2D eigenvalue weighted by Gasteiger charge is -2.39. The number of hydrogen-bond acceptors (Lipinski definition) is 8. The molecule has 4 rings (SSSR count). The average Bonchev–Trinajstić information content (AvgIpc) is 2.78. The maximum absolute atomic E-state index is 14.7. The van der Waals surface area contributed by atoms with E-state index in [4.69, 9.17) is 31.5 Å². The molecule has 1 aliphatic carbocycles. The third-order valence-corrected chi connectivity index (χ3v) is 6.10. The second-order valence-electron chi connectivity index (χ2n) is 10.0. The lowest BCUT2D eigenvalue weighted by atomic mass is 9.91. The Kier molecular flexibility index (Phi) is 7.94. The van der Waals surface area contributed by atoms with E-state index in [9.17, 15) is 9.18 Å². The molecule has 0 radical (unpaired) electrons. The van der Waals surface area contributed by atoms with Crippen molar-refractivity contribution in [3.05, 3.63) is 40.7 Å².